The van der Waals surface area contributed by atoms with Crippen LogP contribution >= 0.6 is 12.8 Å². The molecule has 0 bridgehead atoms. The zero-order valence-electron chi connectivity index (χ0n) is 15.1. The first kappa shape index (κ1) is 20.0. The minimum absolute atomic E-state index is 0.510. The normalized spacial score (nSPS) is 10.8. The second-order valence-electron chi connectivity index (χ2n) is 6.25. The molecule has 0 aliphatic heterocycles. The quantitative estimate of drug-likeness (QED) is 0.585. The van der Waals surface area contributed by atoms with Crippen LogP contribution in [0.25, 0.3) is 10.9 Å². The number of ether oxygens (including phenoxy) is 2. The molecule has 0 spiro atoms. The standard InChI is InChI=1S/C16H13NO2.C4H11NOS/c1-18-13-7-8-14-15(11-13)17-10-9-16(14)19-12-5-3-2-4-6-12;1-4(2,6)3-5-7/h2-11H,1H3;5-7H,3H2,1-2H3. The molecule has 1 aromatic heterocycles. The summed E-state index contributed by atoms with van der Waals surface area (Å²) in [5, 5.41) is 9.87. The van der Waals surface area contributed by atoms with Gasteiger partial charge in [0.1, 0.15) is 17.2 Å². The smallest absolute Gasteiger partial charge is 0.138 e. The van der Waals surface area contributed by atoms with E-state index >= 15 is 0 Å². The lowest BCUT2D eigenvalue weighted by molar-refractivity contribution is 0.0867. The van der Waals surface area contributed by atoms with Gasteiger partial charge in [0.15, 0.2) is 0 Å². The molecular weight excluding hydrogens is 348 g/mol. The lowest BCUT2D eigenvalue weighted by Gasteiger charge is -2.14. The number of thiol groups is 1. The second kappa shape index (κ2) is 9.43. The molecule has 0 aliphatic carbocycles. The summed E-state index contributed by atoms with van der Waals surface area (Å²) in [7, 11) is 1.64. The monoisotopic (exact) mass is 372 g/mol. The summed E-state index contributed by atoms with van der Waals surface area (Å²) < 4.78 is 13.6. The van der Waals surface area contributed by atoms with Crippen LogP contribution < -0.4 is 14.2 Å². The van der Waals surface area contributed by atoms with E-state index in [-0.39, 0.29) is 0 Å². The van der Waals surface area contributed by atoms with Crippen molar-refractivity contribution in [3.8, 4) is 17.2 Å². The molecule has 0 saturated carbocycles. The minimum Gasteiger partial charge on any atom is -0.497 e. The van der Waals surface area contributed by atoms with Gasteiger partial charge in [-0.05, 0) is 44.2 Å². The molecule has 0 unspecified atom stereocenters. The molecule has 1 heterocycles. The van der Waals surface area contributed by atoms with Gasteiger partial charge in [-0.15, -0.1) is 0 Å². The molecule has 2 N–H and O–H groups in total. The fourth-order valence-electron chi connectivity index (χ4n) is 2.13. The summed E-state index contributed by atoms with van der Waals surface area (Å²) in [6, 6.07) is 17.3. The van der Waals surface area contributed by atoms with E-state index in [1.807, 2.05) is 54.6 Å². The Hall–Kier alpha value is -2.28. The Balaban J connectivity index is 0.000000298. The number of hydrogen-bond acceptors (Lipinski definition) is 6. The Morgan fingerprint density at radius 3 is 2.38 bits per heavy atom. The van der Waals surface area contributed by atoms with Crippen molar-refractivity contribution < 1.29 is 14.6 Å². The van der Waals surface area contributed by atoms with Crippen LogP contribution in [0.2, 0.25) is 0 Å². The van der Waals surface area contributed by atoms with Crippen molar-refractivity contribution in [2.75, 3.05) is 13.7 Å². The first-order chi connectivity index (χ1) is 12.4. The number of nitrogens with zero attached hydrogens (tertiary/aromatic N) is 1. The van der Waals surface area contributed by atoms with Crippen molar-refractivity contribution in [2.24, 2.45) is 0 Å². The number of hydrogen-bond donors (Lipinski definition) is 3. The number of para-hydroxylation sites is 1. The number of pyridine rings is 1. The molecule has 138 valence electrons. The molecule has 0 radical (unpaired) electrons. The summed E-state index contributed by atoms with van der Waals surface area (Å²) in [6.07, 6.45) is 1.74. The number of aliphatic hydroxyl groups is 1. The molecule has 26 heavy (non-hydrogen) atoms. The van der Waals surface area contributed by atoms with Crippen LogP contribution in [0.15, 0.2) is 60.8 Å². The van der Waals surface area contributed by atoms with Crippen molar-refractivity contribution in [1.82, 2.24) is 9.71 Å². The predicted octanol–water partition coefficient (Wildman–Crippen LogP) is 4.23. The van der Waals surface area contributed by atoms with E-state index in [0.29, 0.717) is 6.54 Å². The maximum Gasteiger partial charge on any atom is 0.138 e. The molecular formula is C20H24N2O3S. The fourth-order valence-corrected chi connectivity index (χ4v) is 2.51. The number of nitrogens with one attached hydrogen (secondary N) is 1. The number of rotatable bonds is 5. The predicted molar refractivity (Wildman–Crippen MR) is 108 cm³/mol. The lowest BCUT2D eigenvalue weighted by atomic mass is 10.1. The SMILES string of the molecule is CC(C)(O)CNS.COc1ccc2c(Oc3ccccc3)ccnc2c1. The number of benzene rings is 2. The highest BCUT2D eigenvalue weighted by Gasteiger charge is 2.09. The summed E-state index contributed by atoms with van der Waals surface area (Å²) in [6.45, 7) is 3.95. The van der Waals surface area contributed by atoms with Gasteiger partial charge in [-0.3, -0.25) is 9.71 Å². The number of fused-ring (bicyclic) bond motifs is 1. The van der Waals surface area contributed by atoms with Gasteiger partial charge in [0.05, 0.1) is 18.2 Å². The van der Waals surface area contributed by atoms with Crippen molar-refractivity contribution in [1.29, 1.82) is 0 Å². The molecule has 3 rings (SSSR count). The molecule has 2 aromatic carbocycles. The number of methoxy groups -OCH3 is 1. The maximum absolute atomic E-state index is 8.91. The van der Waals surface area contributed by atoms with Crippen molar-refractivity contribution in [3.05, 3.63) is 60.8 Å². The van der Waals surface area contributed by atoms with Gasteiger partial charge >= 0.3 is 0 Å². The summed E-state index contributed by atoms with van der Waals surface area (Å²) in [4.78, 5) is 4.33. The molecule has 0 saturated heterocycles. The average Bonchev–Trinajstić information content (AvgIpc) is 2.62. The van der Waals surface area contributed by atoms with Gasteiger partial charge in [0.2, 0.25) is 0 Å². The highest BCUT2D eigenvalue weighted by atomic mass is 32.1. The third-order valence-electron chi connectivity index (χ3n) is 3.39. The molecule has 0 aliphatic rings. The minimum atomic E-state index is -0.637. The van der Waals surface area contributed by atoms with Gasteiger partial charge in [-0.25, -0.2) is 0 Å². The highest BCUT2D eigenvalue weighted by molar-refractivity contribution is 7.78. The Labute approximate surface area is 159 Å². The Kier molecular flexibility index (Phi) is 7.26. The Morgan fingerprint density at radius 2 is 1.81 bits per heavy atom. The van der Waals surface area contributed by atoms with Crippen LogP contribution in [0.5, 0.6) is 17.2 Å². The zero-order chi connectivity index (χ0) is 19.0. The largest absolute Gasteiger partial charge is 0.497 e. The van der Waals surface area contributed by atoms with Crippen molar-refractivity contribution in [3.63, 3.8) is 0 Å². The third kappa shape index (κ3) is 6.22. The summed E-state index contributed by atoms with van der Waals surface area (Å²) in [5.41, 5.74) is 0.217. The first-order valence-electron chi connectivity index (χ1n) is 8.18. The molecule has 6 heteroatoms. The van der Waals surface area contributed by atoms with Gasteiger partial charge in [0.25, 0.3) is 0 Å². The Morgan fingerprint density at radius 1 is 1.08 bits per heavy atom. The van der Waals surface area contributed by atoms with E-state index < -0.39 is 5.60 Å². The average molecular weight is 372 g/mol. The zero-order valence-corrected chi connectivity index (χ0v) is 16.0. The van der Waals surface area contributed by atoms with Crippen LogP contribution in [-0.4, -0.2) is 29.3 Å². The van der Waals surface area contributed by atoms with Gasteiger partial charge < -0.3 is 14.6 Å². The van der Waals surface area contributed by atoms with E-state index in [2.05, 4.69) is 22.5 Å². The van der Waals surface area contributed by atoms with Gasteiger partial charge in [-0.1, -0.05) is 31.0 Å². The molecule has 3 aromatic rings. The van der Waals surface area contributed by atoms with E-state index in [9.17, 15) is 0 Å². The fraction of sp³-hybridized carbons (Fsp3) is 0.250. The topological polar surface area (TPSA) is 63.6 Å². The molecule has 0 amide bonds. The van der Waals surface area contributed by atoms with Crippen molar-refractivity contribution in [2.45, 2.75) is 19.4 Å². The first-order valence-corrected chi connectivity index (χ1v) is 8.62. The van der Waals surface area contributed by atoms with Crippen LogP contribution in [0.3, 0.4) is 0 Å². The van der Waals surface area contributed by atoms with Crippen LogP contribution in [0, 0.1) is 0 Å². The van der Waals surface area contributed by atoms with E-state index in [0.717, 1.165) is 28.2 Å². The highest BCUT2D eigenvalue weighted by Crippen LogP contribution is 2.30. The molecule has 5 nitrogen and oxygen atoms in total. The van der Waals surface area contributed by atoms with Crippen LogP contribution in [-0.2, 0) is 0 Å². The van der Waals surface area contributed by atoms with E-state index in [1.54, 1.807) is 27.2 Å². The van der Waals surface area contributed by atoms with E-state index in [4.69, 9.17) is 14.6 Å². The molecule has 0 fully saturated rings. The maximum atomic E-state index is 8.91. The summed E-state index contributed by atoms with van der Waals surface area (Å²) in [5.74, 6) is 2.39. The summed E-state index contributed by atoms with van der Waals surface area (Å²) >= 11 is 3.70. The van der Waals surface area contributed by atoms with Crippen molar-refractivity contribution >= 4 is 23.7 Å². The molecule has 0 atom stereocenters. The third-order valence-corrected chi connectivity index (χ3v) is 3.55. The Bertz CT molecular complexity index is 820. The van der Waals surface area contributed by atoms with Gasteiger partial charge in [-0.2, -0.15) is 0 Å². The lowest BCUT2D eigenvalue weighted by Crippen LogP contribution is -2.30. The second-order valence-corrected chi connectivity index (χ2v) is 6.57. The van der Waals surface area contributed by atoms with E-state index in [1.165, 1.54) is 0 Å². The number of aromatic nitrogens is 1. The van der Waals surface area contributed by atoms with Crippen LogP contribution in [0.4, 0.5) is 0 Å². The van der Waals surface area contributed by atoms with Gasteiger partial charge in [0, 0.05) is 24.2 Å². The van der Waals surface area contributed by atoms with Crippen LogP contribution in [0.1, 0.15) is 13.8 Å².